The molecule has 1 spiro atoms. The molecule has 1 aliphatic heterocycles. The first-order valence-electron chi connectivity index (χ1n) is 4.66. The largest absolute Gasteiger partial charge is 0.348 e. The highest BCUT2D eigenvalue weighted by atomic mass is 16.7. The molecule has 1 heterocycles. The van der Waals surface area contributed by atoms with Crippen LogP contribution in [0.2, 0.25) is 0 Å². The molecule has 2 fully saturated rings. The predicted molar refractivity (Wildman–Crippen MR) is 45.6 cm³/mol. The summed E-state index contributed by atoms with van der Waals surface area (Å²) in [7, 11) is 0. The lowest BCUT2D eigenvalue weighted by molar-refractivity contribution is -0.181. The summed E-state index contributed by atoms with van der Waals surface area (Å²) >= 11 is 0. The lowest BCUT2D eigenvalue weighted by Gasteiger charge is -2.37. The van der Waals surface area contributed by atoms with Crippen LogP contribution in [-0.4, -0.2) is 24.5 Å². The van der Waals surface area contributed by atoms with Crippen LogP contribution in [0.4, 0.5) is 0 Å². The fraction of sp³-hybridized carbons (Fsp3) is 0.889. The van der Waals surface area contributed by atoms with E-state index in [-0.39, 0.29) is 0 Å². The molecule has 1 saturated heterocycles. The van der Waals surface area contributed by atoms with Gasteiger partial charge in [0.25, 0.3) is 0 Å². The zero-order chi connectivity index (χ0) is 9.36. The molecule has 0 bridgehead atoms. The first kappa shape index (κ1) is 8.95. The van der Waals surface area contributed by atoms with E-state index in [1.54, 1.807) is 0 Å². The summed E-state index contributed by atoms with van der Waals surface area (Å²) in [5, 5.41) is 8.82. The van der Waals surface area contributed by atoms with Crippen LogP contribution in [0, 0.1) is 11.3 Å². The molecule has 1 aliphatic carbocycles. The highest BCUT2D eigenvalue weighted by molar-refractivity contribution is 5.08. The van der Waals surface area contributed by atoms with Gasteiger partial charge in [0, 0.05) is 12.8 Å². The summed E-state index contributed by atoms with van der Waals surface area (Å²) in [4.78, 5) is 0. The van der Waals surface area contributed by atoms with E-state index in [9.17, 15) is 0 Å². The van der Waals surface area contributed by atoms with Crippen LogP contribution in [0.3, 0.4) is 0 Å². The third-order valence-corrected chi connectivity index (χ3v) is 2.94. The van der Waals surface area contributed by atoms with Crippen molar-refractivity contribution in [2.45, 2.75) is 37.0 Å². The predicted octanol–water partition coefficient (Wildman–Crippen LogP) is 0.525. The molecule has 2 rings (SSSR count). The highest BCUT2D eigenvalue weighted by Crippen LogP contribution is 2.38. The highest BCUT2D eigenvalue weighted by Gasteiger charge is 2.44. The van der Waals surface area contributed by atoms with E-state index >= 15 is 0 Å². The first-order valence-corrected chi connectivity index (χ1v) is 4.66. The molecule has 0 unspecified atom stereocenters. The van der Waals surface area contributed by atoms with Crippen molar-refractivity contribution < 1.29 is 9.47 Å². The third-order valence-electron chi connectivity index (χ3n) is 2.94. The minimum atomic E-state index is -0.652. The average Bonchev–Trinajstić information content (AvgIpc) is 2.61. The molecule has 72 valence electrons. The maximum absolute atomic E-state index is 8.82. The van der Waals surface area contributed by atoms with Gasteiger partial charge in [0.05, 0.1) is 19.3 Å². The molecule has 0 aromatic carbocycles. The number of rotatable bonds is 0. The van der Waals surface area contributed by atoms with Crippen molar-refractivity contribution in [3.63, 3.8) is 0 Å². The van der Waals surface area contributed by atoms with Crippen molar-refractivity contribution in [2.75, 3.05) is 13.2 Å². The number of nitrogens with two attached hydrogens (primary N) is 1. The summed E-state index contributed by atoms with van der Waals surface area (Å²) < 4.78 is 11.1. The molecule has 4 nitrogen and oxygen atoms in total. The minimum Gasteiger partial charge on any atom is -0.348 e. The van der Waals surface area contributed by atoms with Crippen LogP contribution in [0.1, 0.15) is 25.7 Å². The topological polar surface area (TPSA) is 68.3 Å². The second-order valence-corrected chi connectivity index (χ2v) is 3.88. The molecule has 0 radical (unpaired) electrons. The molecule has 13 heavy (non-hydrogen) atoms. The van der Waals surface area contributed by atoms with Crippen LogP contribution in [-0.2, 0) is 9.47 Å². The van der Waals surface area contributed by atoms with Crippen molar-refractivity contribution in [3.05, 3.63) is 0 Å². The van der Waals surface area contributed by atoms with Crippen LogP contribution in [0.15, 0.2) is 0 Å². The Kier molecular flexibility index (Phi) is 2.03. The van der Waals surface area contributed by atoms with Gasteiger partial charge in [-0.2, -0.15) is 5.26 Å². The summed E-state index contributed by atoms with van der Waals surface area (Å²) in [5.74, 6) is -0.403. The normalized spacial score (nSPS) is 30.2. The number of hydrogen-bond donors (Lipinski definition) is 1. The summed E-state index contributed by atoms with van der Waals surface area (Å²) in [6.07, 6.45) is 2.83. The molecule has 0 atom stereocenters. The standard InChI is InChI=1S/C9H14N2O2/c10-7-8(11)1-3-9(4-2-8)12-5-6-13-9/h1-6,11H2. The smallest absolute Gasteiger partial charge is 0.168 e. The number of nitrogens with zero attached hydrogens (tertiary/aromatic N) is 1. The monoisotopic (exact) mass is 182 g/mol. The maximum Gasteiger partial charge on any atom is 0.168 e. The zero-order valence-electron chi connectivity index (χ0n) is 7.58. The summed E-state index contributed by atoms with van der Waals surface area (Å²) in [6.45, 7) is 1.34. The van der Waals surface area contributed by atoms with Crippen LogP contribution >= 0.6 is 0 Å². The van der Waals surface area contributed by atoms with E-state index in [2.05, 4.69) is 6.07 Å². The second-order valence-electron chi connectivity index (χ2n) is 3.88. The van der Waals surface area contributed by atoms with E-state index in [4.69, 9.17) is 20.5 Å². The number of ether oxygens (including phenoxy) is 2. The zero-order valence-corrected chi connectivity index (χ0v) is 7.58. The molecular formula is C9H14N2O2. The summed E-state index contributed by atoms with van der Waals surface area (Å²) in [5.41, 5.74) is 5.18. The van der Waals surface area contributed by atoms with Crippen LogP contribution in [0.25, 0.3) is 0 Å². The molecular weight excluding hydrogens is 168 g/mol. The van der Waals surface area contributed by atoms with Gasteiger partial charge in [-0.05, 0) is 12.8 Å². The maximum atomic E-state index is 8.82. The Labute approximate surface area is 77.6 Å². The Hall–Kier alpha value is -0.630. The Morgan fingerprint density at radius 3 is 2.08 bits per heavy atom. The van der Waals surface area contributed by atoms with Crippen molar-refractivity contribution >= 4 is 0 Å². The van der Waals surface area contributed by atoms with Gasteiger partial charge in [-0.3, -0.25) is 0 Å². The average molecular weight is 182 g/mol. The first-order chi connectivity index (χ1) is 6.18. The molecule has 2 N–H and O–H groups in total. The molecule has 0 amide bonds. The molecule has 2 aliphatic rings. The SMILES string of the molecule is N#CC1(N)CCC2(CC1)OCCO2. The quantitative estimate of drug-likeness (QED) is 0.593. The molecule has 0 aromatic heterocycles. The van der Waals surface area contributed by atoms with Crippen molar-refractivity contribution in [2.24, 2.45) is 5.73 Å². The number of nitriles is 1. The Balaban J connectivity index is 2.00. The van der Waals surface area contributed by atoms with Gasteiger partial charge in [0.2, 0.25) is 0 Å². The molecule has 0 aromatic rings. The van der Waals surface area contributed by atoms with Gasteiger partial charge in [0.15, 0.2) is 5.79 Å². The third kappa shape index (κ3) is 1.55. The van der Waals surface area contributed by atoms with Crippen molar-refractivity contribution in [3.8, 4) is 6.07 Å². The van der Waals surface area contributed by atoms with Crippen LogP contribution < -0.4 is 5.73 Å². The lowest BCUT2D eigenvalue weighted by Crippen LogP contribution is -2.48. The van der Waals surface area contributed by atoms with Crippen LogP contribution in [0.5, 0.6) is 0 Å². The Bertz CT molecular complexity index is 230. The van der Waals surface area contributed by atoms with E-state index < -0.39 is 11.3 Å². The minimum absolute atomic E-state index is 0.403. The van der Waals surface area contributed by atoms with E-state index in [0.29, 0.717) is 26.1 Å². The fourth-order valence-electron chi connectivity index (χ4n) is 1.97. The van der Waals surface area contributed by atoms with E-state index in [0.717, 1.165) is 12.8 Å². The Morgan fingerprint density at radius 2 is 1.62 bits per heavy atom. The van der Waals surface area contributed by atoms with Gasteiger partial charge in [0.1, 0.15) is 5.54 Å². The van der Waals surface area contributed by atoms with Crippen molar-refractivity contribution in [1.82, 2.24) is 0 Å². The van der Waals surface area contributed by atoms with Gasteiger partial charge < -0.3 is 15.2 Å². The van der Waals surface area contributed by atoms with Gasteiger partial charge >= 0.3 is 0 Å². The van der Waals surface area contributed by atoms with E-state index in [1.165, 1.54) is 0 Å². The second kappa shape index (κ2) is 2.95. The fourth-order valence-corrected chi connectivity index (χ4v) is 1.97. The van der Waals surface area contributed by atoms with E-state index in [1.807, 2.05) is 0 Å². The van der Waals surface area contributed by atoms with Gasteiger partial charge in [-0.25, -0.2) is 0 Å². The summed E-state index contributed by atoms with van der Waals surface area (Å²) in [6, 6.07) is 2.15. The lowest BCUT2D eigenvalue weighted by atomic mass is 9.80. The Morgan fingerprint density at radius 1 is 1.08 bits per heavy atom. The molecule has 4 heteroatoms. The molecule has 1 saturated carbocycles. The van der Waals surface area contributed by atoms with Crippen molar-refractivity contribution in [1.29, 1.82) is 5.26 Å². The number of hydrogen-bond acceptors (Lipinski definition) is 4. The van der Waals surface area contributed by atoms with Gasteiger partial charge in [-0.1, -0.05) is 0 Å². The van der Waals surface area contributed by atoms with Gasteiger partial charge in [-0.15, -0.1) is 0 Å².